The summed E-state index contributed by atoms with van der Waals surface area (Å²) >= 11 is 0. The first kappa shape index (κ1) is 12.9. The Bertz CT molecular complexity index is 270. The van der Waals surface area contributed by atoms with Crippen LogP contribution < -0.4 is 11.1 Å². The number of hydrogen-bond acceptors (Lipinski definition) is 4. The van der Waals surface area contributed by atoms with E-state index in [1.54, 1.807) is 0 Å². The maximum Gasteiger partial charge on any atom is 0.305 e. The Labute approximate surface area is 94.1 Å². The monoisotopic (exact) mass is 230 g/mol. The summed E-state index contributed by atoms with van der Waals surface area (Å²) in [5.41, 5.74) is 5.45. The first-order valence-corrected chi connectivity index (χ1v) is 5.38. The van der Waals surface area contributed by atoms with Crippen LogP contribution in [0.15, 0.2) is 0 Å². The van der Waals surface area contributed by atoms with E-state index >= 15 is 0 Å². The van der Waals surface area contributed by atoms with E-state index in [4.69, 9.17) is 15.6 Å². The number of carboxylic acid groups (broad SMARTS) is 1. The van der Waals surface area contributed by atoms with Gasteiger partial charge in [-0.15, -0.1) is 0 Å². The van der Waals surface area contributed by atoms with E-state index in [0.29, 0.717) is 6.61 Å². The van der Waals surface area contributed by atoms with Crippen LogP contribution in [0.5, 0.6) is 0 Å². The zero-order chi connectivity index (χ0) is 12.1. The molecule has 16 heavy (non-hydrogen) atoms. The highest BCUT2D eigenvalue weighted by atomic mass is 16.5. The molecule has 1 saturated heterocycles. The summed E-state index contributed by atoms with van der Waals surface area (Å²) in [4.78, 5) is 21.9. The quantitative estimate of drug-likeness (QED) is 0.602. The maximum atomic E-state index is 11.5. The summed E-state index contributed by atoms with van der Waals surface area (Å²) in [7, 11) is 0. The van der Waals surface area contributed by atoms with Crippen LogP contribution in [-0.2, 0) is 14.3 Å². The molecule has 6 heteroatoms. The standard InChI is InChI=1S/C10H18N2O4/c1-6-4-7(2-3-16-6)12-10(15)8(11)5-9(13)14/h6-8H,2-5,11H2,1H3,(H,12,15)(H,13,14). The van der Waals surface area contributed by atoms with Gasteiger partial charge in [-0.2, -0.15) is 0 Å². The number of carbonyl (C=O) groups is 2. The first-order valence-electron chi connectivity index (χ1n) is 5.38. The van der Waals surface area contributed by atoms with Crippen molar-refractivity contribution >= 4 is 11.9 Å². The summed E-state index contributed by atoms with van der Waals surface area (Å²) in [6.45, 7) is 2.55. The third kappa shape index (κ3) is 4.16. The van der Waals surface area contributed by atoms with Crippen LogP contribution in [0.25, 0.3) is 0 Å². The number of rotatable bonds is 4. The van der Waals surface area contributed by atoms with Crippen LogP contribution in [0.3, 0.4) is 0 Å². The number of carboxylic acids is 1. The number of ether oxygens (including phenoxy) is 1. The predicted molar refractivity (Wildman–Crippen MR) is 56.8 cm³/mol. The normalized spacial score (nSPS) is 27.1. The average molecular weight is 230 g/mol. The molecule has 92 valence electrons. The molecule has 3 atom stereocenters. The molecule has 1 aliphatic rings. The second-order valence-electron chi connectivity index (χ2n) is 4.12. The highest BCUT2D eigenvalue weighted by Gasteiger charge is 2.24. The number of aliphatic carboxylic acids is 1. The molecule has 1 rings (SSSR count). The van der Waals surface area contributed by atoms with Crippen molar-refractivity contribution in [2.24, 2.45) is 5.73 Å². The van der Waals surface area contributed by atoms with Crippen molar-refractivity contribution in [1.29, 1.82) is 0 Å². The highest BCUT2D eigenvalue weighted by Crippen LogP contribution is 2.13. The molecule has 0 bridgehead atoms. The minimum absolute atomic E-state index is 0.0381. The smallest absolute Gasteiger partial charge is 0.305 e. The molecule has 1 heterocycles. The molecule has 4 N–H and O–H groups in total. The van der Waals surface area contributed by atoms with Crippen molar-refractivity contribution in [1.82, 2.24) is 5.32 Å². The topological polar surface area (TPSA) is 102 Å². The van der Waals surface area contributed by atoms with Gasteiger partial charge in [0.1, 0.15) is 0 Å². The molecular weight excluding hydrogens is 212 g/mol. The Morgan fingerprint density at radius 2 is 2.31 bits per heavy atom. The Kier molecular flexibility index (Phi) is 4.70. The van der Waals surface area contributed by atoms with Gasteiger partial charge in [0.25, 0.3) is 0 Å². The summed E-state index contributed by atoms with van der Waals surface area (Å²) in [5.74, 6) is -1.47. The maximum absolute atomic E-state index is 11.5. The van der Waals surface area contributed by atoms with Crippen LogP contribution in [0.4, 0.5) is 0 Å². The minimum atomic E-state index is -1.07. The zero-order valence-corrected chi connectivity index (χ0v) is 9.31. The van der Waals surface area contributed by atoms with Gasteiger partial charge >= 0.3 is 5.97 Å². The van der Waals surface area contributed by atoms with Crippen LogP contribution in [0, 0.1) is 0 Å². The van der Waals surface area contributed by atoms with Crippen molar-refractivity contribution in [2.75, 3.05) is 6.61 Å². The molecule has 3 unspecified atom stereocenters. The second kappa shape index (κ2) is 5.81. The van der Waals surface area contributed by atoms with Crippen molar-refractivity contribution in [2.45, 2.75) is 44.4 Å². The number of amides is 1. The summed E-state index contributed by atoms with van der Waals surface area (Å²) in [6, 6.07) is -0.938. The summed E-state index contributed by atoms with van der Waals surface area (Å²) < 4.78 is 5.34. The number of nitrogens with one attached hydrogen (secondary N) is 1. The molecule has 0 aromatic heterocycles. The van der Waals surface area contributed by atoms with E-state index in [2.05, 4.69) is 5.32 Å². The van der Waals surface area contributed by atoms with Crippen molar-refractivity contribution in [3.63, 3.8) is 0 Å². The van der Waals surface area contributed by atoms with Gasteiger partial charge in [0.2, 0.25) is 5.91 Å². The predicted octanol–water partition coefficient (Wildman–Crippen LogP) is -0.528. The van der Waals surface area contributed by atoms with Crippen molar-refractivity contribution in [3.8, 4) is 0 Å². The molecule has 0 aliphatic carbocycles. The summed E-state index contributed by atoms with van der Waals surface area (Å²) in [5, 5.41) is 11.2. The Hall–Kier alpha value is -1.14. The van der Waals surface area contributed by atoms with Gasteiger partial charge in [-0.25, -0.2) is 0 Å². The lowest BCUT2D eigenvalue weighted by Gasteiger charge is -2.28. The number of carbonyl (C=O) groups excluding carboxylic acids is 1. The van der Waals surface area contributed by atoms with Gasteiger partial charge in [0.15, 0.2) is 0 Å². The highest BCUT2D eigenvalue weighted by molar-refractivity contribution is 5.86. The molecule has 0 radical (unpaired) electrons. The van der Waals surface area contributed by atoms with Gasteiger partial charge < -0.3 is 20.9 Å². The van der Waals surface area contributed by atoms with E-state index in [0.717, 1.165) is 12.8 Å². The molecule has 0 aromatic rings. The van der Waals surface area contributed by atoms with E-state index in [1.165, 1.54) is 0 Å². The van der Waals surface area contributed by atoms with E-state index < -0.39 is 17.9 Å². The lowest BCUT2D eigenvalue weighted by molar-refractivity contribution is -0.139. The fourth-order valence-electron chi connectivity index (χ4n) is 1.72. The largest absolute Gasteiger partial charge is 0.481 e. The van der Waals surface area contributed by atoms with E-state index in [1.807, 2.05) is 6.92 Å². The third-order valence-corrected chi connectivity index (χ3v) is 2.56. The van der Waals surface area contributed by atoms with Gasteiger partial charge in [-0.3, -0.25) is 9.59 Å². The van der Waals surface area contributed by atoms with Crippen LogP contribution in [0.1, 0.15) is 26.2 Å². The molecular formula is C10H18N2O4. The van der Waals surface area contributed by atoms with Crippen LogP contribution >= 0.6 is 0 Å². The van der Waals surface area contributed by atoms with E-state index in [-0.39, 0.29) is 18.6 Å². The summed E-state index contributed by atoms with van der Waals surface area (Å²) in [6.07, 6.45) is 1.26. The molecule has 0 spiro atoms. The van der Waals surface area contributed by atoms with Gasteiger partial charge in [-0.1, -0.05) is 0 Å². The molecule has 1 aliphatic heterocycles. The van der Waals surface area contributed by atoms with Crippen LogP contribution in [0.2, 0.25) is 0 Å². The SMILES string of the molecule is CC1CC(NC(=O)C(N)CC(=O)O)CCO1. The Balaban J connectivity index is 2.35. The van der Waals surface area contributed by atoms with Crippen molar-refractivity contribution in [3.05, 3.63) is 0 Å². The zero-order valence-electron chi connectivity index (χ0n) is 9.31. The molecule has 6 nitrogen and oxygen atoms in total. The molecule has 1 amide bonds. The molecule has 1 fully saturated rings. The fourth-order valence-corrected chi connectivity index (χ4v) is 1.72. The van der Waals surface area contributed by atoms with Gasteiger partial charge in [-0.05, 0) is 19.8 Å². The minimum Gasteiger partial charge on any atom is -0.481 e. The Morgan fingerprint density at radius 3 is 2.88 bits per heavy atom. The average Bonchev–Trinajstić information content (AvgIpc) is 2.16. The fraction of sp³-hybridized carbons (Fsp3) is 0.800. The molecule has 0 saturated carbocycles. The number of hydrogen-bond donors (Lipinski definition) is 3. The number of nitrogens with two attached hydrogens (primary N) is 1. The van der Waals surface area contributed by atoms with Gasteiger partial charge in [0, 0.05) is 12.6 Å². The second-order valence-corrected chi connectivity index (χ2v) is 4.12. The van der Waals surface area contributed by atoms with Crippen molar-refractivity contribution < 1.29 is 19.4 Å². The lowest BCUT2D eigenvalue weighted by Crippen LogP contribution is -2.48. The third-order valence-electron chi connectivity index (χ3n) is 2.56. The Morgan fingerprint density at radius 1 is 1.62 bits per heavy atom. The first-order chi connectivity index (χ1) is 7.49. The lowest BCUT2D eigenvalue weighted by atomic mass is 10.0. The van der Waals surface area contributed by atoms with Gasteiger partial charge in [0.05, 0.1) is 18.6 Å². The molecule has 0 aromatic carbocycles. The van der Waals surface area contributed by atoms with Crippen LogP contribution in [-0.4, -0.2) is 41.8 Å². The van der Waals surface area contributed by atoms with E-state index in [9.17, 15) is 9.59 Å².